The molecule has 3 heterocycles. The number of ketones is 1. The lowest BCUT2D eigenvalue weighted by molar-refractivity contribution is -0.132. The molecule has 1 unspecified atom stereocenters. The minimum atomic E-state index is -0.819. The molecule has 6 rings (SSSR count). The second-order valence-electron chi connectivity index (χ2n) is 10.1. The molecule has 3 aromatic carbocycles. The lowest BCUT2D eigenvalue weighted by Crippen LogP contribution is -2.29. The molecule has 0 aliphatic carbocycles. The van der Waals surface area contributed by atoms with E-state index in [0.29, 0.717) is 33.1 Å². The number of aliphatic hydroxyl groups is 1. The van der Waals surface area contributed by atoms with E-state index in [1.165, 1.54) is 44.9 Å². The molecule has 5 aromatic rings. The van der Waals surface area contributed by atoms with Crippen molar-refractivity contribution in [2.45, 2.75) is 36.6 Å². The molecular weight excluding hydrogens is 599 g/mol. The first-order valence-corrected chi connectivity index (χ1v) is 16.2. The molecule has 1 aliphatic rings. The number of hydrogen-bond acceptors (Lipinski definition) is 9. The minimum Gasteiger partial charge on any atom is -0.507 e. The Bertz CT molecular complexity index is 1800. The van der Waals surface area contributed by atoms with Gasteiger partial charge in [0.15, 0.2) is 4.34 Å². The number of carbonyl (C=O) groups is 2. The van der Waals surface area contributed by atoms with E-state index in [1.807, 2.05) is 49.6 Å². The lowest BCUT2D eigenvalue weighted by atomic mass is 10.00. The summed E-state index contributed by atoms with van der Waals surface area (Å²) in [5.41, 5.74) is 4.98. The van der Waals surface area contributed by atoms with Crippen LogP contribution < -0.4 is 9.64 Å². The molecule has 1 N–H and O–H groups in total. The number of aromatic nitrogens is 2. The fourth-order valence-corrected chi connectivity index (χ4v) is 7.41. The number of carbonyl (C=O) groups excluding carboxylic acids is 2. The third-order valence-corrected chi connectivity index (χ3v) is 10.0. The van der Waals surface area contributed by atoms with E-state index in [-0.39, 0.29) is 11.3 Å². The van der Waals surface area contributed by atoms with E-state index < -0.39 is 17.7 Å². The highest BCUT2D eigenvalue weighted by molar-refractivity contribution is 8.00. The summed E-state index contributed by atoms with van der Waals surface area (Å²) in [6.07, 6.45) is 0. The maximum atomic E-state index is 13.4. The number of nitrogens with zero attached hydrogens (tertiary/aromatic N) is 3. The van der Waals surface area contributed by atoms with Crippen molar-refractivity contribution in [2.75, 3.05) is 4.90 Å². The highest BCUT2D eigenvalue weighted by atomic mass is 32.2. The number of rotatable bonds is 9. The summed E-state index contributed by atoms with van der Waals surface area (Å²) < 4.78 is 6.60. The van der Waals surface area contributed by atoms with Gasteiger partial charge in [0.2, 0.25) is 5.13 Å². The van der Waals surface area contributed by atoms with E-state index in [1.54, 1.807) is 24.3 Å². The molecule has 7 nitrogen and oxygen atoms in total. The van der Waals surface area contributed by atoms with Gasteiger partial charge in [0, 0.05) is 16.2 Å². The van der Waals surface area contributed by atoms with Gasteiger partial charge in [0.05, 0.1) is 5.57 Å². The van der Waals surface area contributed by atoms with E-state index in [0.717, 1.165) is 21.6 Å². The van der Waals surface area contributed by atoms with Gasteiger partial charge < -0.3 is 9.84 Å². The average Bonchev–Trinajstić information content (AvgIpc) is 3.77. The number of aliphatic hydroxyl groups excluding tert-OH is 1. The maximum absolute atomic E-state index is 13.4. The number of thiophene rings is 1. The van der Waals surface area contributed by atoms with Gasteiger partial charge in [-0.05, 0) is 60.7 Å². The predicted octanol–water partition coefficient (Wildman–Crippen LogP) is 7.71. The number of Topliss-reactive ketones (excluding diaryl/α,β-unsaturated/α-hetero) is 1. The lowest BCUT2D eigenvalue weighted by Gasteiger charge is -2.20. The largest absolute Gasteiger partial charge is 0.507 e. The van der Waals surface area contributed by atoms with Crippen LogP contribution in [0.15, 0.2) is 100 Å². The van der Waals surface area contributed by atoms with E-state index in [4.69, 9.17) is 4.74 Å². The first-order chi connectivity index (χ1) is 20.9. The standard InChI is InChI=1S/C33H27N3O4S3/c1-20-8-10-22(11-9-20)19-42-33-35-34-32(43-33)36-28(26-7-4-16-41-26)27(30(38)31(36)39)29(37)24-12-14-25(15-13-24)40-18-23-6-3-5-21(2)17-23/h3-17,28,37H,18-19H2,1-2H3. The summed E-state index contributed by atoms with van der Waals surface area (Å²) in [6, 6.07) is 26.1. The van der Waals surface area contributed by atoms with Crippen LogP contribution in [0.3, 0.4) is 0 Å². The van der Waals surface area contributed by atoms with Crippen molar-refractivity contribution in [3.63, 3.8) is 0 Å². The third kappa shape index (κ3) is 6.27. The summed E-state index contributed by atoms with van der Waals surface area (Å²) in [4.78, 5) is 28.9. The SMILES string of the molecule is Cc1ccc(CSc2nnc(N3C(=O)C(=O)C(=C(O)c4ccc(OCc5cccc(C)c5)cc4)C3c3cccs3)s2)cc1. The van der Waals surface area contributed by atoms with Crippen molar-refractivity contribution in [1.82, 2.24) is 10.2 Å². The fourth-order valence-electron chi connectivity index (χ4n) is 4.77. The summed E-state index contributed by atoms with van der Waals surface area (Å²) in [6.45, 7) is 4.48. The van der Waals surface area contributed by atoms with Gasteiger partial charge in [0.1, 0.15) is 24.2 Å². The molecule has 1 amide bonds. The quantitative estimate of drug-likeness (QED) is 0.0590. The number of hydrogen-bond donors (Lipinski definition) is 1. The highest BCUT2D eigenvalue weighted by Gasteiger charge is 2.48. The summed E-state index contributed by atoms with van der Waals surface area (Å²) in [7, 11) is 0. The Balaban J connectivity index is 1.25. The van der Waals surface area contributed by atoms with Gasteiger partial charge in [-0.3, -0.25) is 14.5 Å². The Morgan fingerprint density at radius 2 is 1.72 bits per heavy atom. The number of aryl methyl sites for hydroxylation is 2. The molecule has 10 heteroatoms. The van der Waals surface area contributed by atoms with Crippen molar-refractivity contribution in [1.29, 1.82) is 0 Å². The Morgan fingerprint density at radius 3 is 2.44 bits per heavy atom. The minimum absolute atomic E-state index is 0.0185. The van der Waals surface area contributed by atoms with Crippen LogP contribution in [0.5, 0.6) is 5.75 Å². The zero-order chi connectivity index (χ0) is 29.9. The van der Waals surface area contributed by atoms with E-state index in [2.05, 4.69) is 40.5 Å². The number of anilines is 1. The van der Waals surface area contributed by atoms with Gasteiger partial charge >= 0.3 is 5.91 Å². The second kappa shape index (κ2) is 12.5. The molecule has 216 valence electrons. The summed E-state index contributed by atoms with van der Waals surface area (Å²) in [5.74, 6) is -0.433. The summed E-state index contributed by atoms with van der Waals surface area (Å²) >= 11 is 4.17. The van der Waals surface area contributed by atoms with Crippen LogP contribution in [0.25, 0.3) is 5.76 Å². The average molecular weight is 626 g/mol. The molecule has 1 fully saturated rings. The summed E-state index contributed by atoms with van der Waals surface area (Å²) in [5, 5.41) is 22.2. The Labute approximate surface area is 261 Å². The van der Waals surface area contributed by atoms with E-state index in [9.17, 15) is 14.7 Å². The molecule has 1 saturated heterocycles. The molecule has 0 bridgehead atoms. The molecular formula is C33H27N3O4S3. The van der Waals surface area contributed by atoms with Crippen molar-refractivity contribution in [3.05, 3.63) is 129 Å². The zero-order valence-corrected chi connectivity index (χ0v) is 25.8. The first-order valence-electron chi connectivity index (χ1n) is 13.5. The van der Waals surface area contributed by atoms with Crippen LogP contribution in [0.2, 0.25) is 0 Å². The maximum Gasteiger partial charge on any atom is 0.301 e. The first kappa shape index (κ1) is 28.9. The van der Waals surface area contributed by atoms with Gasteiger partial charge in [-0.2, -0.15) is 0 Å². The highest BCUT2D eigenvalue weighted by Crippen LogP contribution is 2.45. The number of benzene rings is 3. The molecule has 0 radical (unpaired) electrons. The molecule has 43 heavy (non-hydrogen) atoms. The van der Waals surface area contributed by atoms with Gasteiger partial charge in [-0.25, -0.2) is 0 Å². The van der Waals surface area contributed by atoms with Crippen molar-refractivity contribution in [2.24, 2.45) is 0 Å². The van der Waals surface area contributed by atoms with Crippen molar-refractivity contribution in [3.8, 4) is 5.75 Å². The fraction of sp³-hybridized carbons (Fsp3) is 0.152. The normalized spacial score (nSPS) is 16.1. The van der Waals surface area contributed by atoms with Gasteiger partial charge in [-0.15, -0.1) is 21.5 Å². The number of amides is 1. The Hall–Kier alpha value is -4.25. The van der Waals surface area contributed by atoms with Crippen LogP contribution in [0.4, 0.5) is 5.13 Å². The topological polar surface area (TPSA) is 92.6 Å². The van der Waals surface area contributed by atoms with Gasteiger partial charge in [0.25, 0.3) is 5.78 Å². The Morgan fingerprint density at radius 1 is 0.930 bits per heavy atom. The van der Waals surface area contributed by atoms with Crippen molar-refractivity contribution >= 4 is 57.0 Å². The number of ether oxygens (including phenoxy) is 1. The molecule has 2 aromatic heterocycles. The van der Waals surface area contributed by atoms with Crippen LogP contribution in [-0.4, -0.2) is 27.0 Å². The predicted molar refractivity (Wildman–Crippen MR) is 172 cm³/mol. The third-order valence-electron chi connectivity index (χ3n) is 6.96. The van der Waals surface area contributed by atoms with Crippen LogP contribution >= 0.6 is 34.4 Å². The monoisotopic (exact) mass is 625 g/mol. The second-order valence-corrected chi connectivity index (χ2v) is 13.3. The van der Waals surface area contributed by atoms with Crippen molar-refractivity contribution < 1.29 is 19.4 Å². The van der Waals surface area contributed by atoms with Gasteiger partial charge in [-0.1, -0.05) is 88.8 Å². The smallest absolute Gasteiger partial charge is 0.301 e. The van der Waals surface area contributed by atoms with Crippen LogP contribution in [0, 0.1) is 13.8 Å². The van der Waals surface area contributed by atoms with Crippen LogP contribution in [0.1, 0.15) is 38.7 Å². The number of thioether (sulfide) groups is 1. The van der Waals surface area contributed by atoms with E-state index >= 15 is 0 Å². The van der Waals surface area contributed by atoms with Crippen LogP contribution in [-0.2, 0) is 21.9 Å². The molecule has 0 spiro atoms. The Kier molecular flexibility index (Phi) is 8.42. The molecule has 0 saturated carbocycles. The molecule has 1 aliphatic heterocycles. The molecule has 1 atom stereocenters. The zero-order valence-electron chi connectivity index (χ0n) is 23.4.